The van der Waals surface area contributed by atoms with Gasteiger partial charge in [0.25, 0.3) is 11.8 Å². The second-order valence-electron chi connectivity index (χ2n) is 9.10. The molecule has 192 valence electrons. The standard InChI is InChI=1S/C24H25F2N9O2/c1-15-19(9-18(11-27-15)29-21(36)13-34-6-3-5-24(25,26)14-34)30-23(37)22-32-31-20-8-16(4-7-35(20)22)17-10-28-33(2)12-17/h4,7-12H,3,5-6,13-14H2,1-2H3,(H,29,36)(H,30,37). The van der Waals surface area contributed by atoms with Crippen LogP contribution >= 0.6 is 0 Å². The molecule has 5 rings (SSSR count). The van der Waals surface area contributed by atoms with Crippen molar-refractivity contribution in [3.63, 3.8) is 0 Å². The molecule has 0 spiro atoms. The molecular formula is C24H25F2N9O2. The number of pyridine rings is 2. The largest absolute Gasteiger partial charge is 0.324 e. The van der Waals surface area contributed by atoms with Crippen molar-refractivity contribution in [1.82, 2.24) is 34.3 Å². The number of likely N-dealkylation sites (tertiary alicyclic amines) is 1. The van der Waals surface area contributed by atoms with Crippen molar-refractivity contribution in [3.05, 3.63) is 54.5 Å². The van der Waals surface area contributed by atoms with E-state index in [9.17, 15) is 18.4 Å². The number of anilines is 2. The van der Waals surface area contributed by atoms with Crippen LogP contribution in [0.5, 0.6) is 0 Å². The highest BCUT2D eigenvalue weighted by atomic mass is 19.3. The van der Waals surface area contributed by atoms with Gasteiger partial charge in [0, 0.05) is 31.4 Å². The number of carbonyl (C=O) groups excluding carboxylic acids is 2. The van der Waals surface area contributed by atoms with E-state index in [1.807, 2.05) is 25.4 Å². The number of nitrogens with zero attached hydrogens (tertiary/aromatic N) is 7. The first kappa shape index (κ1) is 24.4. The number of amides is 2. The number of halogens is 2. The Morgan fingerprint density at radius 1 is 1.14 bits per heavy atom. The van der Waals surface area contributed by atoms with Gasteiger partial charge in [-0.1, -0.05) is 0 Å². The summed E-state index contributed by atoms with van der Waals surface area (Å²) >= 11 is 0. The van der Waals surface area contributed by atoms with E-state index in [0.717, 1.165) is 11.1 Å². The number of alkyl halides is 2. The average Bonchev–Trinajstić information content (AvgIpc) is 3.46. The van der Waals surface area contributed by atoms with Crippen LogP contribution in [0.25, 0.3) is 16.8 Å². The van der Waals surface area contributed by atoms with Crippen molar-refractivity contribution in [1.29, 1.82) is 0 Å². The number of aromatic nitrogens is 6. The zero-order chi connectivity index (χ0) is 26.2. The third kappa shape index (κ3) is 5.45. The molecule has 2 N–H and O–H groups in total. The first-order valence-corrected chi connectivity index (χ1v) is 11.7. The zero-order valence-electron chi connectivity index (χ0n) is 20.3. The Labute approximate surface area is 210 Å². The van der Waals surface area contributed by atoms with Gasteiger partial charge in [0.2, 0.25) is 11.7 Å². The van der Waals surface area contributed by atoms with Crippen LogP contribution in [-0.2, 0) is 11.8 Å². The van der Waals surface area contributed by atoms with Gasteiger partial charge in [-0.15, -0.1) is 10.2 Å². The summed E-state index contributed by atoms with van der Waals surface area (Å²) < 4.78 is 30.5. The highest BCUT2D eigenvalue weighted by Gasteiger charge is 2.35. The van der Waals surface area contributed by atoms with E-state index < -0.39 is 24.3 Å². The summed E-state index contributed by atoms with van der Waals surface area (Å²) in [6.07, 6.45) is 6.94. The van der Waals surface area contributed by atoms with Crippen molar-refractivity contribution >= 4 is 28.8 Å². The SMILES string of the molecule is Cc1ncc(NC(=O)CN2CCCC(F)(F)C2)cc1NC(=O)c1nnc2cc(-c3cnn(C)c3)ccn12. The summed E-state index contributed by atoms with van der Waals surface area (Å²) in [4.78, 5) is 31.1. The van der Waals surface area contributed by atoms with Crippen LogP contribution in [-0.4, -0.2) is 71.6 Å². The van der Waals surface area contributed by atoms with Crippen molar-refractivity contribution < 1.29 is 18.4 Å². The van der Waals surface area contributed by atoms with E-state index in [4.69, 9.17) is 0 Å². The molecule has 11 nitrogen and oxygen atoms in total. The van der Waals surface area contributed by atoms with Crippen molar-refractivity contribution in [2.24, 2.45) is 7.05 Å². The third-order valence-electron chi connectivity index (χ3n) is 6.11. The molecule has 1 aliphatic heterocycles. The number of rotatable bonds is 6. The van der Waals surface area contributed by atoms with Crippen LogP contribution in [0.4, 0.5) is 20.2 Å². The molecule has 2 amide bonds. The molecule has 1 fully saturated rings. The molecule has 13 heteroatoms. The van der Waals surface area contributed by atoms with Gasteiger partial charge < -0.3 is 10.6 Å². The van der Waals surface area contributed by atoms with Gasteiger partial charge in [0.05, 0.1) is 42.6 Å². The maximum atomic E-state index is 13.6. The maximum absolute atomic E-state index is 13.6. The Morgan fingerprint density at radius 3 is 2.73 bits per heavy atom. The van der Waals surface area contributed by atoms with Crippen molar-refractivity contribution in [3.8, 4) is 11.1 Å². The molecule has 0 unspecified atom stereocenters. The Balaban J connectivity index is 1.28. The fraction of sp³-hybridized carbons (Fsp3) is 0.333. The van der Waals surface area contributed by atoms with Gasteiger partial charge in [-0.05, 0) is 43.7 Å². The van der Waals surface area contributed by atoms with Crippen LogP contribution in [0.15, 0.2) is 43.0 Å². The van der Waals surface area contributed by atoms with Gasteiger partial charge in [-0.3, -0.25) is 28.6 Å². The number of carbonyl (C=O) groups is 2. The van der Waals surface area contributed by atoms with E-state index in [0.29, 0.717) is 35.7 Å². The summed E-state index contributed by atoms with van der Waals surface area (Å²) in [7, 11) is 1.83. The molecular weight excluding hydrogens is 484 g/mol. The first-order valence-electron chi connectivity index (χ1n) is 11.7. The predicted molar refractivity (Wildman–Crippen MR) is 131 cm³/mol. The van der Waals surface area contributed by atoms with Crippen molar-refractivity contribution in [2.45, 2.75) is 25.7 Å². The molecule has 4 aromatic heterocycles. The van der Waals surface area contributed by atoms with Crippen LogP contribution in [0, 0.1) is 6.92 Å². The Bertz CT molecular complexity index is 1480. The second kappa shape index (κ2) is 9.65. The van der Waals surface area contributed by atoms with E-state index >= 15 is 0 Å². The summed E-state index contributed by atoms with van der Waals surface area (Å²) in [5.74, 6) is -3.65. The molecule has 0 aromatic carbocycles. The Morgan fingerprint density at radius 2 is 1.97 bits per heavy atom. The molecule has 1 saturated heterocycles. The molecule has 0 aliphatic carbocycles. The number of hydrogen-bond donors (Lipinski definition) is 2. The normalized spacial score (nSPS) is 15.6. The van der Waals surface area contributed by atoms with Gasteiger partial charge in [0.1, 0.15) is 0 Å². The highest BCUT2D eigenvalue weighted by Crippen LogP contribution is 2.26. The lowest BCUT2D eigenvalue weighted by Crippen LogP contribution is -2.45. The molecule has 37 heavy (non-hydrogen) atoms. The minimum Gasteiger partial charge on any atom is -0.324 e. The van der Waals surface area contributed by atoms with Crippen LogP contribution in [0.3, 0.4) is 0 Å². The fourth-order valence-electron chi connectivity index (χ4n) is 4.29. The highest BCUT2D eigenvalue weighted by molar-refractivity contribution is 6.03. The van der Waals surface area contributed by atoms with Gasteiger partial charge >= 0.3 is 0 Å². The lowest BCUT2D eigenvalue weighted by Gasteiger charge is -2.31. The van der Waals surface area contributed by atoms with Crippen LogP contribution in [0.1, 0.15) is 29.2 Å². The second-order valence-corrected chi connectivity index (χ2v) is 9.10. The van der Waals surface area contributed by atoms with Crippen LogP contribution in [0.2, 0.25) is 0 Å². The number of nitrogens with one attached hydrogen (secondary N) is 2. The predicted octanol–water partition coefficient (Wildman–Crippen LogP) is 2.76. The molecule has 0 saturated carbocycles. The van der Waals surface area contributed by atoms with E-state index in [2.05, 4.69) is 30.9 Å². The zero-order valence-corrected chi connectivity index (χ0v) is 20.3. The summed E-state index contributed by atoms with van der Waals surface area (Å²) in [6.45, 7) is 1.55. The number of piperidine rings is 1. The molecule has 0 radical (unpaired) electrons. The maximum Gasteiger partial charge on any atom is 0.294 e. The lowest BCUT2D eigenvalue weighted by molar-refractivity contribution is -0.120. The molecule has 0 atom stereocenters. The topological polar surface area (TPSA) is 122 Å². The Kier molecular flexibility index (Phi) is 6.38. The average molecular weight is 510 g/mol. The summed E-state index contributed by atoms with van der Waals surface area (Å²) in [5, 5.41) is 17.7. The Hall–Kier alpha value is -4.26. The number of aryl methyl sites for hydroxylation is 2. The van der Waals surface area contributed by atoms with E-state index in [1.54, 1.807) is 34.5 Å². The molecule has 1 aliphatic rings. The molecule has 5 heterocycles. The smallest absolute Gasteiger partial charge is 0.294 e. The minimum absolute atomic E-state index is 0.0765. The number of fused-ring (bicyclic) bond motifs is 1. The quantitative estimate of drug-likeness (QED) is 0.410. The summed E-state index contributed by atoms with van der Waals surface area (Å²) in [6, 6.07) is 5.21. The van der Waals surface area contributed by atoms with E-state index in [1.165, 1.54) is 11.1 Å². The number of hydrogen-bond acceptors (Lipinski definition) is 7. The van der Waals surface area contributed by atoms with Gasteiger partial charge in [-0.25, -0.2) is 8.78 Å². The fourth-order valence-corrected chi connectivity index (χ4v) is 4.29. The van der Waals surface area contributed by atoms with E-state index in [-0.39, 0.29) is 18.8 Å². The molecule has 4 aromatic rings. The van der Waals surface area contributed by atoms with Crippen molar-refractivity contribution in [2.75, 3.05) is 30.3 Å². The lowest BCUT2D eigenvalue weighted by atomic mass is 10.1. The summed E-state index contributed by atoms with van der Waals surface area (Å²) in [5.41, 5.74) is 3.52. The molecule has 0 bridgehead atoms. The third-order valence-corrected chi connectivity index (χ3v) is 6.11. The van der Waals surface area contributed by atoms with Gasteiger partial charge in [0.15, 0.2) is 5.65 Å². The monoisotopic (exact) mass is 509 g/mol. The first-order chi connectivity index (χ1) is 17.7. The van der Waals surface area contributed by atoms with Crippen LogP contribution < -0.4 is 10.6 Å². The minimum atomic E-state index is -2.78. The van der Waals surface area contributed by atoms with Gasteiger partial charge in [-0.2, -0.15) is 5.10 Å².